The Hall–Kier alpha value is -2.42. The molecule has 0 saturated heterocycles. The molecule has 0 amide bonds. The zero-order chi connectivity index (χ0) is 16.1. The molecule has 0 unspecified atom stereocenters. The van der Waals surface area contributed by atoms with Gasteiger partial charge >= 0.3 is 0 Å². The average molecular weight is 303 g/mol. The van der Waals surface area contributed by atoms with Crippen molar-refractivity contribution in [3.63, 3.8) is 0 Å². The van der Waals surface area contributed by atoms with Gasteiger partial charge in [-0.2, -0.15) is 0 Å². The molecule has 3 rings (SSSR count). The first kappa shape index (κ1) is 15.5. The van der Waals surface area contributed by atoms with Crippen molar-refractivity contribution in [3.05, 3.63) is 96.1 Å². The fourth-order valence-corrected chi connectivity index (χ4v) is 2.73. The van der Waals surface area contributed by atoms with Crippen LogP contribution in [0, 0.1) is 0 Å². The molecule has 0 fully saturated rings. The highest BCUT2D eigenvalue weighted by Crippen LogP contribution is 2.23. The Morgan fingerprint density at radius 2 is 1.22 bits per heavy atom. The summed E-state index contributed by atoms with van der Waals surface area (Å²) in [5.74, 6) is 0. The van der Waals surface area contributed by atoms with Crippen molar-refractivity contribution in [2.75, 3.05) is 0 Å². The zero-order valence-electron chi connectivity index (χ0n) is 13.0. The maximum atomic E-state index is 10.4. The molecule has 0 spiro atoms. The van der Waals surface area contributed by atoms with Crippen LogP contribution in [0.2, 0.25) is 0 Å². The molecule has 0 saturated carbocycles. The Morgan fingerprint density at radius 3 is 1.83 bits per heavy atom. The number of aliphatic hydroxyl groups is 1. The second-order valence-corrected chi connectivity index (χ2v) is 5.77. The lowest BCUT2D eigenvalue weighted by atomic mass is 9.95. The van der Waals surface area contributed by atoms with E-state index in [1.165, 1.54) is 5.56 Å². The van der Waals surface area contributed by atoms with Crippen LogP contribution in [0.15, 0.2) is 84.9 Å². The lowest BCUT2D eigenvalue weighted by Gasteiger charge is -2.19. The number of nitrogens with two attached hydrogens (primary N) is 1. The van der Waals surface area contributed by atoms with Gasteiger partial charge < -0.3 is 10.8 Å². The SMILES string of the molecule is N[C@H](c1ccc(-c2ccccc2)cc1)[C@@H](O)Cc1ccccc1. The van der Waals surface area contributed by atoms with Crippen LogP contribution in [-0.2, 0) is 6.42 Å². The van der Waals surface area contributed by atoms with Gasteiger partial charge in [0.1, 0.15) is 0 Å². The number of rotatable bonds is 5. The lowest BCUT2D eigenvalue weighted by Crippen LogP contribution is -2.28. The van der Waals surface area contributed by atoms with Gasteiger partial charge in [-0.05, 0) is 22.3 Å². The third-order valence-electron chi connectivity index (χ3n) is 4.10. The van der Waals surface area contributed by atoms with Gasteiger partial charge in [-0.3, -0.25) is 0 Å². The number of hydrogen-bond acceptors (Lipinski definition) is 2. The fourth-order valence-electron chi connectivity index (χ4n) is 2.73. The van der Waals surface area contributed by atoms with Crippen LogP contribution < -0.4 is 5.73 Å². The van der Waals surface area contributed by atoms with Gasteiger partial charge in [0.15, 0.2) is 0 Å². The Morgan fingerprint density at radius 1 is 0.696 bits per heavy atom. The standard InChI is InChI=1S/C21H21NO/c22-21(20(23)15-16-7-3-1-4-8-16)19-13-11-18(12-14-19)17-9-5-2-6-10-17/h1-14,20-21,23H,15,22H2/t20-,21+/m0/s1. The molecule has 3 aromatic carbocycles. The van der Waals surface area contributed by atoms with E-state index in [9.17, 15) is 5.11 Å². The predicted octanol–water partition coefficient (Wildman–Crippen LogP) is 3.96. The normalized spacial score (nSPS) is 13.5. The summed E-state index contributed by atoms with van der Waals surface area (Å²) in [6.45, 7) is 0. The third kappa shape index (κ3) is 3.86. The summed E-state index contributed by atoms with van der Waals surface area (Å²) in [7, 11) is 0. The van der Waals surface area contributed by atoms with E-state index in [4.69, 9.17) is 5.73 Å². The lowest BCUT2D eigenvalue weighted by molar-refractivity contribution is 0.145. The van der Waals surface area contributed by atoms with E-state index in [1.54, 1.807) is 0 Å². The average Bonchev–Trinajstić information content (AvgIpc) is 2.63. The second kappa shape index (κ2) is 7.23. The molecule has 0 bridgehead atoms. The molecule has 2 nitrogen and oxygen atoms in total. The monoisotopic (exact) mass is 303 g/mol. The van der Waals surface area contributed by atoms with Crippen molar-refractivity contribution >= 4 is 0 Å². The first-order chi connectivity index (χ1) is 11.2. The summed E-state index contributed by atoms with van der Waals surface area (Å²) in [5, 5.41) is 10.4. The van der Waals surface area contributed by atoms with Gasteiger partial charge in [0.25, 0.3) is 0 Å². The van der Waals surface area contributed by atoms with Gasteiger partial charge in [0, 0.05) is 6.42 Å². The summed E-state index contributed by atoms with van der Waals surface area (Å²) in [5.41, 5.74) is 10.6. The molecule has 0 aliphatic rings. The largest absolute Gasteiger partial charge is 0.391 e. The van der Waals surface area contributed by atoms with Crippen molar-refractivity contribution in [3.8, 4) is 11.1 Å². The number of aliphatic hydroxyl groups excluding tert-OH is 1. The minimum absolute atomic E-state index is 0.389. The maximum absolute atomic E-state index is 10.4. The Labute approximate surface area is 137 Å². The molecule has 2 atom stereocenters. The first-order valence-electron chi connectivity index (χ1n) is 7.87. The fraction of sp³-hybridized carbons (Fsp3) is 0.143. The van der Waals surface area contributed by atoms with Gasteiger partial charge in [-0.15, -0.1) is 0 Å². The molecule has 23 heavy (non-hydrogen) atoms. The molecule has 0 aliphatic carbocycles. The first-order valence-corrected chi connectivity index (χ1v) is 7.87. The molecular weight excluding hydrogens is 282 g/mol. The van der Waals surface area contributed by atoms with Crippen LogP contribution in [0.4, 0.5) is 0 Å². The van der Waals surface area contributed by atoms with E-state index in [2.05, 4.69) is 24.3 Å². The topological polar surface area (TPSA) is 46.2 Å². The molecule has 0 heterocycles. The summed E-state index contributed by atoms with van der Waals surface area (Å²) in [4.78, 5) is 0. The van der Waals surface area contributed by atoms with E-state index in [0.717, 1.165) is 16.7 Å². The van der Waals surface area contributed by atoms with Gasteiger partial charge in [-0.25, -0.2) is 0 Å². The molecular formula is C21H21NO. The van der Waals surface area contributed by atoms with Crippen LogP contribution in [0.25, 0.3) is 11.1 Å². The summed E-state index contributed by atoms with van der Waals surface area (Å²) in [6, 6.07) is 27.9. The van der Waals surface area contributed by atoms with Crippen LogP contribution in [-0.4, -0.2) is 11.2 Å². The van der Waals surface area contributed by atoms with E-state index in [-0.39, 0.29) is 6.04 Å². The minimum Gasteiger partial charge on any atom is -0.391 e. The van der Waals surface area contributed by atoms with E-state index in [1.807, 2.05) is 60.7 Å². The third-order valence-corrected chi connectivity index (χ3v) is 4.10. The van der Waals surface area contributed by atoms with E-state index >= 15 is 0 Å². The highest BCUT2D eigenvalue weighted by Gasteiger charge is 2.17. The van der Waals surface area contributed by atoms with Crippen LogP contribution in [0.3, 0.4) is 0 Å². The second-order valence-electron chi connectivity index (χ2n) is 5.77. The van der Waals surface area contributed by atoms with Crippen molar-refractivity contribution in [1.82, 2.24) is 0 Å². The zero-order valence-corrected chi connectivity index (χ0v) is 13.0. The number of benzene rings is 3. The molecule has 0 radical (unpaired) electrons. The quantitative estimate of drug-likeness (QED) is 0.749. The molecule has 3 aromatic rings. The summed E-state index contributed by atoms with van der Waals surface area (Å²) < 4.78 is 0. The molecule has 2 heteroatoms. The van der Waals surface area contributed by atoms with Crippen molar-refractivity contribution in [2.45, 2.75) is 18.6 Å². The predicted molar refractivity (Wildman–Crippen MR) is 95.0 cm³/mol. The Balaban J connectivity index is 1.71. The minimum atomic E-state index is -0.597. The Bertz CT molecular complexity index is 723. The van der Waals surface area contributed by atoms with Crippen LogP contribution in [0.5, 0.6) is 0 Å². The van der Waals surface area contributed by atoms with Crippen molar-refractivity contribution in [1.29, 1.82) is 0 Å². The van der Waals surface area contributed by atoms with Crippen molar-refractivity contribution in [2.24, 2.45) is 5.73 Å². The highest BCUT2D eigenvalue weighted by atomic mass is 16.3. The van der Waals surface area contributed by atoms with Gasteiger partial charge in [-0.1, -0.05) is 84.9 Å². The summed E-state index contributed by atoms with van der Waals surface area (Å²) in [6.07, 6.45) is -0.0393. The van der Waals surface area contributed by atoms with E-state index < -0.39 is 6.10 Å². The smallest absolute Gasteiger partial charge is 0.0773 e. The van der Waals surface area contributed by atoms with Crippen molar-refractivity contribution < 1.29 is 5.11 Å². The number of hydrogen-bond donors (Lipinski definition) is 2. The molecule has 116 valence electrons. The highest BCUT2D eigenvalue weighted by molar-refractivity contribution is 5.63. The Kier molecular flexibility index (Phi) is 4.86. The van der Waals surface area contributed by atoms with Crippen LogP contribution >= 0.6 is 0 Å². The van der Waals surface area contributed by atoms with E-state index in [0.29, 0.717) is 6.42 Å². The molecule has 3 N–H and O–H groups in total. The van der Waals surface area contributed by atoms with Gasteiger partial charge in [0.2, 0.25) is 0 Å². The summed E-state index contributed by atoms with van der Waals surface area (Å²) >= 11 is 0. The molecule has 0 aromatic heterocycles. The van der Waals surface area contributed by atoms with Gasteiger partial charge in [0.05, 0.1) is 12.1 Å². The molecule has 0 aliphatic heterocycles. The maximum Gasteiger partial charge on any atom is 0.0773 e. The van der Waals surface area contributed by atoms with Crippen LogP contribution in [0.1, 0.15) is 17.2 Å².